The van der Waals surface area contributed by atoms with Crippen molar-refractivity contribution in [2.45, 2.75) is 45.6 Å². The van der Waals surface area contributed by atoms with Gasteiger partial charge in [0.1, 0.15) is 17.9 Å². The van der Waals surface area contributed by atoms with Crippen LogP contribution in [0.15, 0.2) is 35.0 Å². The minimum Gasteiger partial charge on any atom is -0.442 e. The van der Waals surface area contributed by atoms with E-state index in [1.165, 1.54) is 17.5 Å². The van der Waals surface area contributed by atoms with Crippen LogP contribution >= 0.6 is 0 Å². The van der Waals surface area contributed by atoms with E-state index in [0.717, 1.165) is 19.3 Å². The number of nitrogens with zero attached hydrogens (tertiary/aromatic N) is 2. The van der Waals surface area contributed by atoms with Crippen molar-refractivity contribution >= 4 is 22.8 Å². The fraction of sp³-hybridized carbons (Fsp3) is 0.381. The van der Waals surface area contributed by atoms with E-state index >= 15 is 0 Å². The van der Waals surface area contributed by atoms with E-state index in [4.69, 9.17) is 4.42 Å². The normalized spacial score (nSPS) is 14.9. The van der Waals surface area contributed by atoms with Crippen molar-refractivity contribution in [3.8, 4) is 0 Å². The minimum atomic E-state index is -0.154. The predicted octanol–water partition coefficient (Wildman–Crippen LogP) is 4.02. The molecule has 1 saturated carbocycles. The fourth-order valence-corrected chi connectivity index (χ4v) is 3.30. The summed E-state index contributed by atoms with van der Waals surface area (Å²) in [6, 6.07) is 8.21. The number of carbonyl (C=O) groups excluding carboxylic acids is 1. The number of carbonyl (C=O) groups is 1. The largest absolute Gasteiger partial charge is 0.442 e. The van der Waals surface area contributed by atoms with Crippen LogP contribution in [0.4, 0.5) is 5.82 Å². The number of benzene rings is 1. The summed E-state index contributed by atoms with van der Waals surface area (Å²) in [5.41, 5.74) is 3.47. The lowest BCUT2D eigenvalue weighted by Gasteiger charge is -2.13. The summed E-state index contributed by atoms with van der Waals surface area (Å²) in [4.78, 5) is 21.5. The third-order valence-corrected chi connectivity index (χ3v) is 5.25. The van der Waals surface area contributed by atoms with E-state index in [2.05, 4.69) is 46.6 Å². The predicted molar refractivity (Wildman–Crippen MR) is 107 cm³/mol. The maximum Gasteiger partial charge on any atom is 0.255 e. The van der Waals surface area contributed by atoms with Crippen LogP contribution in [0.3, 0.4) is 0 Å². The third-order valence-electron chi connectivity index (χ3n) is 5.25. The molecule has 0 saturated heterocycles. The minimum absolute atomic E-state index is 0. The van der Waals surface area contributed by atoms with E-state index < -0.39 is 0 Å². The molecule has 6 heteroatoms. The maximum atomic E-state index is 12.9. The number of hydrogen-bond acceptors (Lipinski definition) is 5. The molecule has 2 heterocycles. The lowest BCUT2D eigenvalue weighted by Crippen LogP contribution is -2.26. The maximum absolute atomic E-state index is 12.9. The molecular weight excluding hydrogens is 340 g/mol. The van der Waals surface area contributed by atoms with Gasteiger partial charge in [-0.2, -0.15) is 0 Å². The van der Waals surface area contributed by atoms with Crippen LogP contribution in [0.25, 0.3) is 11.1 Å². The number of furan rings is 1. The highest BCUT2D eigenvalue weighted by atomic mass is 16.3. The van der Waals surface area contributed by atoms with E-state index in [0.29, 0.717) is 34.8 Å². The van der Waals surface area contributed by atoms with Gasteiger partial charge in [-0.15, -0.1) is 0 Å². The highest BCUT2D eigenvalue weighted by Crippen LogP contribution is 2.40. The van der Waals surface area contributed by atoms with E-state index in [-0.39, 0.29) is 12.9 Å². The van der Waals surface area contributed by atoms with E-state index in [9.17, 15) is 4.79 Å². The Hall–Kier alpha value is -2.89. The standard InChI is InChI=1S/C21H24N4O2.H2/c1-13-6-4-5-7-15(13)8-11-22-19(26)16-14(2)27-20-17(16)18(23-12-24-20)25-21(3)9-10-21;/h4-7,12H,8-11H2,1-3H3,(H,22,26)(H,23,24,25);1H. The van der Waals surface area contributed by atoms with Crippen LogP contribution in [0.5, 0.6) is 0 Å². The van der Waals surface area contributed by atoms with Gasteiger partial charge in [0.25, 0.3) is 5.91 Å². The van der Waals surface area contributed by atoms with Gasteiger partial charge in [0.2, 0.25) is 5.71 Å². The molecule has 4 rings (SSSR count). The summed E-state index contributed by atoms with van der Waals surface area (Å²) in [6.07, 6.45) is 4.44. The topological polar surface area (TPSA) is 80.1 Å². The zero-order valence-electron chi connectivity index (χ0n) is 15.9. The Morgan fingerprint density at radius 2 is 2.04 bits per heavy atom. The molecule has 1 amide bonds. The first-order valence-corrected chi connectivity index (χ1v) is 9.32. The second-order valence-electron chi connectivity index (χ2n) is 7.55. The Morgan fingerprint density at radius 3 is 2.78 bits per heavy atom. The van der Waals surface area contributed by atoms with Crippen molar-refractivity contribution < 1.29 is 10.6 Å². The summed E-state index contributed by atoms with van der Waals surface area (Å²) in [7, 11) is 0. The average molecular weight is 366 g/mol. The van der Waals surface area contributed by atoms with E-state index in [1.807, 2.05) is 12.1 Å². The Kier molecular flexibility index (Phi) is 4.34. The van der Waals surface area contributed by atoms with Crippen LogP contribution in [0, 0.1) is 13.8 Å². The number of amides is 1. The van der Waals surface area contributed by atoms with Gasteiger partial charge in [-0.1, -0.05) is 24.3 Å². The first-order valence-electron chi connectivity index (χ1n) is 9.32. The van der Waals surface area contributed by atoms with Crippen molar-refractivity contribution in [1.29, 1.82) is 0 Å². The summed E-state index contributed by atoms with van der Waals surface area (Å²) in [5, 5.41) is 7.12. The second-order valence-corrected chi connectivity index (χ2v) is 7.55. The number of nitrogens with one attached hydrogen (secondary N) is 2. The van der Waals surface area contributed by atoms with Gasteiger partial charge >= 0.3 is 0 Å². The molecule has 0 spiro atoms. The molecule has 0 aliphatic heterocycles. The summed E-state index contributed by atoms with van der Waals surface area (Å²) in [6.45, 7) is 6.58. The van der Waals surface area contributed by atoms with Crippen LogP contribution < -0.4 is 10.6 Å². The Morgan fingerprint density at radius 1 is 1.26 bits per heavy atom. The molecule has 0 unspecified atom stereocenters. The lowest BCUT2D eigenvalue weighted by atomic mass is 10.1. The molecule has 0 bridgehead atoms. The van der Waals surface area contributed by atoms with Gasteiger partial charge in [0, 0.05) is 13.5 Å². The molecule has 0 radical (unpaired) electrons. The van der Waals surface area contributed by atoms with Gasteiger partial charge < -0.3 is 15.1 Å². The van der Waals surface area contributed by atoms with Gasteiger partial charge in [-0.25, -0.2) is 9.97 Å². The molecule has 1 aliphatic carbocycles. The molecule has 2 N–H and O–H groups in total. The zero-order chi connectivity index (χ0) is 19.0. The van der Waals surface area contributed by atoms with Gasteiger partial charge in [0.05, 0.1) is 10.9 Å². The number of anilines is 1. The van der Waals surface area contributed by atoms with Gasteiger partial charge in [0.15, 0.2) is 0 Å². The Bertz CT molecular complexity index is 1010. The number of aromatic nitrogens is 2. The number of rotatable bonds is 6. The van der Waals surface area contributed by atoms with Crippen molar-refractivity contribution in [3.63, 3.8) is 0 Å². The molecule has 1 fully saturated rings. The molecule has 2 aromatic heterocycles. The second kappa shape index (κ2) is 6.68. The highest BCUT2D eigenvalue weighted by molar-refractivity contribution is 6.10. The molecule has 1 aromatic carbocycles. The molecule has 6 nitrogen and oxygen atoms in total. The summed E-state index contributed by atoms with van der Waals surface area (Å²) < 4.78 is 5.73. The monoisotopic (exact) mass is 366 g/mol. The van der Waals surface area contributed by atoms with Gasteiger partial charge in [-0.3, -0.25) is 4.79 Å². The van der Waals surface area contributed by atoms with Crippen molar-refractivity contribution in [2.75, 3.05) is 11.9 Å². The summed E-state index contributed by atoms with van der Waals surface area (Å²) >= 11 is 0. The molecule has 27 heavy (non-hydrogen) atoms. The first kappa shape index (κ1) is 17.5. The third kappa shape index (κ3) is 3.52. The Balaban J connectivity index is 0.00000225. The van der Waals surface area contributed by atoms with Crippen LogP contribution in [-0.4, -0.2) is 28.0 Å². The van der Waals surface area contributed by atoms with Crippen molar-refractivity contribution in [2.24, 2.45) is 0 Å². The molecular formula is C21H26N4O2. The quantitative estimate of drug-likeness (QED) is 0.689. The molecule has 3 aromatic rings. The highest BCUT2D eigenvalue weighted by Gasteiger charge is 2.38. The van der Waals surface area contributed by atoms with Gasteiger partial charge in [-0.05, 0) is 51.2 Å². The van der Waals surface area contributed by atoms with Crippen LogP contribution in [0.2, 0.25) is 0 Å². The van der Waals surface area contributed by atoms with E-state index in [1.54, 1.807) is 6.92 Å². The number of aryl methyl sites for hydroxylation is 2. The molecule has 1 aliphatic rings. The zero-order valence-corrected chi connectivity index (χ0v) is 15.9. The van der Waals surface area contributed by atoms with Crippen LogP contribution in [0.1, 0.15) is 48.4 Å². The Labute approximate surface area is 159 Å². The van der Waals surface area contributed by atoms with Crippen molar-refractivity contribution in [1.82, 2.24) is 15.3 Å². The SMILES string of the molecule is Cc1ccccc1CCNC(=O)c1c(C)oc2ncnc(NC3(C)CC3)c12.[HH]. The van der Waals surface area contributed by atoms with Crippen molar-refractivity contribution in [3.05, 3.63) is 53.0 Å². The number of fused-ring (bicyclic) bond motifs is 1. The lowest BCUT2D eigenvalue weighted by molar-refractivity contribution is 0.0954. The summed E-state index contributed by atoms with van der Waals surface area (Å²) in [5.74, 6) is 1.07. The molecule has 0 atom stereocenters. The average Bonchev–Trinajstić information content (AvgIpc) is 3.25. The first-order chi connectivity index (χ1) is 13.0. The molecule has 142 valence electrons. The van der Waals surface area contributed by atoms with Crippen LogP contribution in [-0.2, 0) is 6.42 Å². The smallest absolute Gasteiger partial charge is 0.255 e. The number of hydrogen-bond donors (Lipinski definition) is 2. The fourth-order valence-electron chi connectivity index (χ4n) is 3.30.